The van der Waals surface area contributed by atoms with Crippen molar-refractivity contribution in [2.75, 3.05) is 0 Å². The Hall–Kier alpha value is -4.26. The molecule has 14 heteroatoms. The Labute approximate surface area is 244 Å². The molecule has 1 N–H and O–H groups in total. The second-order valence-corrected chi connectivity index (χ2v) is 10.6. The topological polar surface area (TPSA) is 104 Å². The molecule has 1 amide bonds. The van der Waals surface area contributed by atoms with Gasteiger partial charge in [0.25, 0.3) is 5.56 Å². The molecule has 4 aromatic heterocycles. The molecular formula is C28H25ClF4N6O3. The molecule has 9 nitrogen and oxygen atoms in total. The number of carbonyl (C=O) groups excluding carboxylic acids is 1. The van der Waals surface area contributed by atoms with E-state index < -0.39 is 69.1 Å². The minimum absolute atomic E-state index is 0.176. The van der Waals surface area contributed by atoms with E-state index in [4.69, 9.17) is 19.1 Å². The van der Waals surface area contributed by atoms with Gasteiger partial charge in [-0.05, 0) is 45.1 Å². The lowest BCUT2D eigenvalue weighted by Gasteiger charge is -2.23. The average molecular weight is 607 g/mol. The molecule has 0 saturated heterocycles. The molecule has 0 atom stereocenters. The Kier molecular flexibility index (Phi) is 7.10. The van der Waals surface area contributed by atoms with Gasteiger partial charge in [0.1, 0.15) is 34.5 Å². The standard InChI is InChI=1S/C28H25ClF4N6O3/c1-14(40)36-28(2,3)25-19(32)12-38(37-25)26-23(33)24-15(10-35-26)6-4-5-7-17-9-21(22(29)27(41)39(17)24)42-13-20-18(31)8-16(30)11-34-20/h8-12H,4-7,13H2,1-3H3,(H,36,40)/i13D2. The summed E-state index contributed by atoms with van der Waals surface area (Å²) in [6.45, 7) is 1.33. The number of carbonyl (C=O) groups is 1. The minimum atomic E-state index is -2.97. The van der Waals surface area contributed by atoms with Gasteiger partial charge in [-0.25, -0.2) is 27.2 Å². The maximum Gasteiger partial charge on any atom is 0.278 e. The maximum absolute atomic E-state index is 16.4. The van der Waals surface area contributed by atoms with Gasteiger partial charge in [0.2, 0.25) is 5.91 Å². The van der Waals surface area contributed by atoms with E-state index in [1.165, 1.54) is 33.0 Å². The first-order chi connectivity index (χ1) is 20.6. The van der Waals surface area contributed by atoms with Crippen molar-refractivity contribution in [2.45, 2.75) is 58.6 Å². The molecule has 0 unspecified atom stereocenters. The van der Waals surface area contributed by atoms with Crippen LogP contribution in [0.15, 0.2) is 35.5 Å². The molecule has 0 fully saturated rings. The molecule has 42 heavy (non-hydrogen) atoms. The summed E-state index contributed by atoms with van der Waals surface area (Å²) in [6, 6.07) is 1.67. The summed E-state index contributed by atoms with van der Waals surface area (Å²) in [5.41, 5.74) is -2.94. The molecule has 1 aliphatic rings. The van der Waals surface area contributed by atoms with Crippen molar-refractivity contribution in [2.24, 2.45) is 0 Å². The summed E-state index contributed by atoms with van der Waals surface area (Å²) in [6.07, 6.45) is 4.51. The minimum Gasteiger partial charge on any atom is -0.485 e. The Morgan fingerprint density at radius 3 is 2.60 bits per heavy atom. The van der Waals surface area contributed by atoms with Gasteiger partial charge in [0.15, 0.2) is 23.3 Å². The number of amides is 1. The second-order valence-electron chi connectivity index (χ2n) is 10.2. The van der Waals surface area contributed by atoms with Crippen LogP contribution in [0.5, 0.6) is 5.75 Å². The number of fused-ring (bicyclic) bond motifs is 3. The van der Waals surface area contributed by atoms with Crippen molar-refractivity contribution in [3.8, 4) is 17.3 Å². The zero-order valence-corrected chi connectivity index (χ0v) is 23.3. The van der Waals surface area contributed by atoms with Gasteiger partial charge < -0.3 is 10.1 Å². The van der Waals surface area contributed by atoms with Crippen LogP contribution in [0, 0.1) is 23.3 Å². The van der Waals surface area contributed by atoms with Crippen molar-refractivity contribution < 1.29 is 29.8 Å². The predicted molar refractivity (Wildman–Crippen MR) is 144 cm³/mol. The molecule has 0 saturated carbocycles. The van der Waals surface area contributed by atoms with Crippen molar-refractivity contribution in [1.82, 2.24) is 29.6 Å². The van der Waals surface area contributed by atoms with Crippen LogP contribution in [0.1, 0.15) is 59.0 Å². The van der Waals surface area contributed by atoms with Crippen LogP contribution in [0.25, 0.3) is 11.5 Å². The molecule has 0 bridgehead atoms. The molecule has 1 aliphatic heterocycles. The monoisotopic (exact) mass is 606 g/mol. The second kappa shape index (κ2) is 11.2. The highest BCUT2D eigenvalue weighted by Gasteiger charge is 2.31. The highest BCUT2D eigenvalue weighted by Crippen LogP contribution is 2.32. The first-order valence-electron chi connectivity index (χ1n) is 13.8. The molecule has 4 aromatic rings. The third-order valence-electron chi connectivity index (χ3n) is 6.63. The first kappa shape index (κ1) is 26.6. The number of nitrogens with one attached hydrogen (secondary N) is 1. The third kappa shape index (κ3) is 5.48. The Morgan fingerprint density at radius 2 is 1.88 bits per heavy atom. The van der Waals surface area contributed by atoms with E-state index in [2.05, 4.69) is 20.4 Å². The number of nitrogens with zero attached hydrogens (tertiary/aromatic N) is 5. The number of aryl methyl sites for hydroxylation is 2. The van der Waals surface area contributed by atoms with Gasteiger partial charge in [-0.2, -0.15) is 5.10 Å². The molecule has 0 spiro atoms. The first-order valence-corrected chi connectivity index (χ1v) is 13.2. The number of aromatic nitrogens is 5. The van der Waals surface area contributed by atoms with Gasteiger partial charge in [-0.3, -0.25) is 19.1 Å². The molecule has 220 valence electrons. The lowest BCUT2D eigenvalue weighted by Crippen LogP contribution is -2.40. The smallest absolute Gasteiger partial charge is 0.278 e. The molecule has 0 radical (unpaired) electrons. The number of pyridine rings is 3. The van der Waals surface area contributed by atoms with E-state index in [-0.39, 0.29) is 23.5 Å². The summed E-state index contributed by atoms with van der Waals surface area (Å²) >= 11 is 6.34. The average Bonchev–Trinajstić information content (AvgIpc) is 3.30. The van der Waals surface area contributed by atoms with E-state index in [0.717, 1.165) is 15.4 Å². The van der Waals surface area contributed by atoms with E-state index in [1.54, 1.807) is 0 Å². The van der Waals surface area contributed by atoms with Crippen molar-refractivity contribution in [3.63, 3.8) is 0 Å². The van der Waals surface area contributed by atoms with Crippen LogP contribution in [-0.4, -0.2) is 30.2 Å². The number of hydrogen-bond donors (Lipinski definition) is 1. The zero-order valence-electron chi connectivity index (χ0n) is 24.6. The summed E-state index contributed by atoms with van der Waals surface area (Å²) in [7, 11) is 0. The Balaban J connectivity index is 1.63. The highest BCUT2D eigenvalue weighted by molar-refractivity contribution is 6.31. The van der Waals surface area contributed by atoms with E-state index in [9.17, 15) is 22.8 Å². The number of halogens is 5. The van der Waals surface area contributed by atoms with Crippen LogP contribution in [0.4, 0.5) is 17.6 Å². The third-order valence-corrected chi connectivity index (χ3v) is 6.98. The summed E-state index contributed by atoms with van der Waals surface area (Å²) in [4.78, 5) is 32.9. The predicted octanol–water partition coefficient (Wildman–Crippen LogP) is 4.85. The van der Waals surface area contributed by atoms with Gasteiger partial charge in [-0.1, -0.05) is 11.6 Å². The number of ether oxygens (including phenoxy) is 1. The molecule has 0 aliphatic carbocycles. The molecule has 5 heterocycles. The van der Waals surface area contributed by atoms with Gasteiger partial charge in [0.05, 0.1) is 26.4 Å². The van der Waals surface area contributed by atoms with Crippen molar-refractivity contribution in [1.29, 1.82) is 0 Å². The summed E-state index contributed by atoms with van der Waals surface area (Å²) in [5, 5.41) is 6.07. The normalized spacial score (nSPS) is 14.2. The van der Waals surface area contributed by atoms with Gasteiger partial charge in [-0.15, -0.1) is 0 Å². The number of hydrogen-bond acceptors (Lipinski definition) is 6. The lowest BCUT2D eigenvalue weighted by atomic mass is 10.0. The quantitative estimate of drug-likeness (QED) is 0.315. The fraction of sp³-hybridized carbons (Fsp3) is 0.321. The molecule has 5 rings (SSSR count). The van der Waals surface area contributed by atoms with Crippen molar-refractivity contribution >= 4 is 17.5 Å². The zero-order chi connectivity index (χ0) is 32.1. The van der Waals surface area contributed by atoms with Crippen LogP contribution in [0.2, 0.25) is 5.02 Å². The van der Waals surface area contributed by atoms with Gasteiger partial charge >= 0.3 is 0 Å². The fourth-order valence-corrected chi connectivity index (χ4v) is 4.98. The lowest BCUT2D eigenvalue weighted by molar-refractivity contribution is -0.120. The van der Waals surface area contributed by atoms with Crippen LogP contribution in [-0.2, 0) is 29.7 Å². The van der Waals surface area contributed by atoms with E-state index in [0.29, 0.717) is 37.1 Å². The van der Waals surface area contributed by atoms with Crippen LogP contribution < -0.4 is 15.6 Å². The van der Waals surface area contributed by atoms with E-state index >= 15 is 4.39 Å². The fourth-order valence-electron chi connectivity index (χ4n) is 4.80. The van der Waals surface area contributed by atoms with E-state index in [1.807, 2.05) is 0 Å². The highest BCUT2D eigenvalue weighted by atomic mass is 35.5. The Bertz CT molecular complexity index is 1860. The largest absolute Gasteiger partial charge is 0.485 e. The maximum atomic E-state index is 16.4. The SMILES string of the molecule is [2H]C([2H])(Oc1cc2n(c(=O)c1Cl)-c1c(cnc(-n3cc(F)c(C(C)(C)NC(C)=O)n3)c1F)CCCC2)c1ncc(F)cc1F. The van der Waals surface area contributed by atoms with Crippen molar-refractivity contribution in [3.05, 3.63) is 92.0 Å². The molecular weight excluding hydrogens is 580 g/mol. The van der Waals surface area contributed by atoms with Crippen LogP contribution in [0.3, 0.4) is 0 Å². The van der Waals surface area contributed by atoms with Crippen LogP contribution >= 0.6 is 11.6 Å². The van der Waals surface area contributed by atoms with Gasteiger partial charge in [0, 0.05) is 30.9 Å². The summed E-state index contributed by atoms with van der Waals surface area (Å²) in [5.74, 6) is -5.52. The summed E-state index contributed by atoms with van der Waals surface area (Å²) < 4.78 is 82.6. The Morgan fingerprint density at radius 1 is 1.14 bits per heavy atom. The molecule has 0 aromatic carbocycles. The number of rotatable bonds is 6.